The van der Waals surface area contributed by atoms with Crippen LogP contribution in [0.4, 0.5) is 5.13 Å². The second-order valence-electron chi connectivity index (χ2n) is 5.77. The summed E-state index contributed by atoms with van der Waals surface area (Å²) in [7, 11) is 0. The van der Waals surface area contributed by atoms with Gasteiger partial charge in [-0.3, -0.25) is 9.59 Å². The summed E-state index contributed by atoms with van der Waals surface area (Å²) in [6.07, 6.45) is 0. The Hall–Kier alpha value is -2.81. The molecule has 0 radical (unpaired) electrons. The summed E-state index contributed by atoms with van der Waals surface area (Å²) in [5.74, 6) is 0.129. The minimum absolute atomic E-state index is 0.352. The molecule has 0 spiro atoms. The molecule has 0 saturated carbocycles. The van der Waals surface area contributed by atoms with E-state index in [-0.39, 0.29) is 11.5 Å². The van der Waals surface area contributed by atoms with E-state index in [0.29, 0.717) is 10.9 Å². The lowest BCUT2D eigenvalue weighted by molar-refractivity contribution is -0.119. The van der Waals surface area contributed by atoms with E-state index in [2.05, 4.69) is 20.5 Å². The average molecular weight is 358 g/mol. The van der Waals surface area contributed by atoms with E-state index in [0.717, 1.165) is 21.8 Å². The van der Waals surface area contributed by atoms with Gasteiger partial charge < -0.3 is 5.32 Å². The number of anilines is 1. The van der Waals surface area contributed by atoms with Crippen molar-refractivity contribution < 1.29 is 4.79 Å². The minimum atomic E-state index is -0.784. The standard InChI is InChI=1S/C16H18N6O2S/c1-9-7-11(3)21(19-9)13-5-6-14(23)22(20-13)12(4)15(24)18-16-17-10(2)8-25-16/h5-8,12H,1-4H3,(H,17,18,24). The van der Waals surface area contributed by atoms with Crippen LogP contribution in [0.1, 0.15) is 30.0 Å². The molecule has 0 aliphatic heterocycles. The molecule has 9 heteroatoms. The summed E-state index contributed by atoms with van der Waals surface area (Å²) in [6.45, 7) is 7.25. The van der Waals surface area contributed by atoms with Crippen molar-refractivity contribution in [2.45, 2.75) is 33.7 Å². The van der Waals surface area contributed by atoms with Gasteiger partial charge in [0.1, 0.15) is 6.04 Å². The number of nitrogens with zero attached hydrogens (tertiary/aromatic N) is 5. The van der Waals surface area contributed by atoms with Crippen molar-refractivity contribution in [1.29, 1.82) is 0 Å². The smallest absolute Gasteiger partial charge is 0.267 e. The number of thiazole rings is 1. The monoisotopic (exact) mass is 358 g/mol. The lowest BCUT2D eigenvalue weighted by Crippen LogP contribution is -2.33. The fourth-order valence-electron chi connectivity index (χ4n) is 2.40. The molecule has 3 rings (SSSR count). The molecular formula is C16H18N6O2S. The lowest BCUT2D eigenvalue weighted by atomic mass is 10.3. The first kappa shape index (κ1) is 17.0. The van der Waals surface area contributed by atoms with Crippen LogP contribution in [0, 0.1) is 20.8 Å². The first-order valence-corrected chi connectivity index (χ1v) is 8.59. The van der Waals surface area contributed by atoms with Gasteiger partial charge in [-0.15, -0.1) is 16.4 Å². The summed E-state index contributed by atoms with van der Waals surface area (Å²) >= 11 is 1.33. The molecule has 8 nitrogen and oxygen atoms in total. The van der Waals surface area contributed by atoms with Crippen LogP contribution in [-0.2, 0) is 4.79 Å². The van der Waals surface area contributed by atoms with Gasteiger partial charge in [-0.1, -0.05) is 0 Å². The second kappa shape index (κ2) is 6.60. The Morgan fingerprint density at radius 1 is 1.20 bits per heavy atom. The highest BCUT2D eigenvalue weighted by atomic mass is 32.1. The number of amides is 1. The summed E-state index contributed by atoms with van der Waals surface area (Å²) in [5, 5.41) is 13.7. The van der Waals surface area contributed by atoms with Gasteiger partial charge >= 0.3 is 0 Å². The molecule has 0 aliphatic carbocycles. The van der Waals surface area contributed by atoms with Crippen molar-refractivity contribution in [3.8, 4) is 5.82 Å². The van der Waals surface area contributed by atoms with Crippen LogP contribution in [-0.4, -0.2) is 30.5 Å². The van der Waals surface area contributed by atoms with Gasteiger partial charge in [-0.25, -0.2) is 14.3 Å². The third kappa shape index (κ3) is 3.50. The summed E-state index contributed by atoms with van der Waals surface area (Å²) < 4.78 is 2.79. The van der Waals surface area contributed by atoms with Gasteiger partial charge in [0, 0.05) is 17.1 Å². The number of aromatic nitrogens is 5. The van der Waals surface area contributed by atoms with Crippen LogP contribution in [0.25, 0.3) is 5.82 Å². The highest BCUT2D eigenvalue weighted by molar-refractivity contribution is 7.13. The van der Waals surface area contributed by atoms with Crippen molar-refractivity contribution in [3.05, 3.63) is 51.0 Å². The van der Waals surface area contributed by atoms with Gasteiger partial charge in [0.15, 0.2) is 10.9 Å². The fourth-order valence-corrected chi connectivity index (χ4v) is 3.09. The molecule has 3 aromatic rings. The van der Waals surface area contributed by atoms with E-state index in [4.69, 9.17) is 0 Å². The van der Waals surface area contributed by atoms with Crippen molar-refractivity contribution in [1.82, 2.24) is 24.5 Å². The van der Waals surface area contributed by atoms with E-state index in [1.165, 1.54) is 17.4 Å². The Labute approximate surface area is 148 Å². The van der Waals surface area contributed by atoms with Gasteiger partial charge in [0.25, 0.3) is 11.5 Å². The first-order valence-electron chi connectivity index (χ1n) is 7.71. The first-order chi connectivity index (χ1) is 11.8. The Morgan fingerprint density at radius 2 is 1.96 bits per heavy atom. The third-order valence-corrected chi connectivity index (χ3v) is 4.51. The summed E-state index contributed by atoms with van der Waals surface area (Å²) in [6, 6.07) is 4.11. The second-order valence-corrected chi connectivity index (χ2v) is 6.63. The maximum atomic E-state index is 12.4. The summed E-state index contributed by atoms with van der Waals surface area (Å²) in [5.41, 5.74) is 2.21. The molecule has 0 bridgehead atoms. The van der Waals surface area contributed by atoms with Gasteiger partial charge in [0.05, 0.1) is 11.4 Å². The zero-order valence-electron chi connectivity index (χ0n) is 14.3. The SMILES string of the molecule is Cc1csc(NC(=O)C(C)n2nc(-n3nc(C)cc3C)ccc2=O)n1. The number of carbonyl (C=O) groups excluding carboxylic acids is 1. The Kier molecular flexibility index (Phi) is 4.49. The molecule has 1 amide bonds. The number of carbonyl (C=O) groups is 1. The quantitative estimate of drug-likeness (QED) is 0.770. The molecular weight excluding hydrogens is 340 g/mol. The van der Waals surface area contributed by atoms with Crippen molar-refractivity contribution in [2.75, 3.05) is 5.32 Å². The number of hydrogen-bond acceptors (Lipinski definition) is 6. The molecule has 1 N–H and O–H groups in total. The van der Waals surface area contributed by atoms with E-state index >= 15 is 0 Å². The molecule has 25 heavy (non-hydrogen) atoms. The molecule has 3 aromatic heterocycles. The topological polar surface area (TPSA) is 94.7 Å². The number of rotatable bonds is 4. The molecule has 1 atom stereocenters. The average Bonchev–Trinajstić information content (AvgIpc) is 3.12. The predicted molar refractivity (Wildman–Crippen MR) is 95.3 cm³/mol. The highest BCUT2D eigenvalue weighted by Gasteiger charge is 2.19. The Bertz CT molecular complexity index is 987. The lowest BCUT2D eigenvalue weighted by Gasteiger charge is -2.14. The predicted octanol–water partition coefficient (Wildman–Crippen LogP) is 2.01. The van der Waals surface area contributed by atoms with Crippen molar-refractivity contribution in [3.63, 3.8) is 0 Å². The molecule has 3 heterocycles. The zero-order chi connectivity index (χ0) is 18.1. The van der Waals surface area contributed by atoms with Crippen LogP contribution in [0.15, 0.2) is 28.4 Å². The molecule has 0 saturated heterocycles. The van der Waals surface area contributed by atoms with Crippen LogP contribution < -0.4 is 10.9 Å². The van der Waals surface area contributed by atoms with Crippen molar-refractivity contribution in [2.24, 2.45) is 0 Å². The third-order valence-electron chi connectivity index (χ3n) is 3.63. The van der Waals surface area contributed by atoms with Gasteiger partial charge in [0.2, 0.25) is 0 Å². The number of nitrogens with one attached hydrogen (secondary N) is 1. The number of hydrogen-bond donors (Lipinski definition) is 1. The van der Waals surface area contributed by atoms with E-state index in [1.54, 1.807) is 17.7 Å². The Morgan fingerprint density at radius 3 is 2.56 bits per heavy atom. The van der Waals surface area contributed by atoms with Crippen molar-refractivity contribution >= 4 is 22.4 Å². The number of aryl methyl sites for hydroxylation is 3. The van der Waals surface area contributed by atoms with Crippen LogP contribution in [0.3, 0.4) is 0 Å². The fraction of sp³-hybridized carbons (Fsp3) is 0.312. The maximum absolute atomic E-state index is 12.4. The molecule has 0 fully saturated rings. The van der Waals surface area contributed by atoms with E-state index < -0.39 is 6.04 Å². The zero-order valence-corrected chi connectivity index (χ0v) is 15.2. The minimum Gasteiger partial charge on any atom is -0.300 e. The highest BCUT2D eigenvalue weighted by Crippen LogP contribution is 2.16. The molecule has 1 unspecified atom stereocenters. The normalized spacial score (nSPS) is 12.2. The van der Waals surface area contributed by atoms with Gasteiger partial charge in [-0.2, -0.15) is 5.10 Å². The molecule has 0 aromatic carbocycles. The van der Waals surface area contributed by atoms with Crippen LogP contribution in [0.5, 0.6) is 0 Å². The van der Waals surface area contributed by atoms with Crippen LogP contribution >= 0.6 is 11.3 Å². The molecule has 130 valence electrons. The largest absolute Gasteiger partial charge is 0.300 e. The maximum Gasteiger partial charge on any atom is 0.267 e. The van der Waals surface area contributed by atoms with Gasteiger partial charge in [-0.05, 0) is 39.8 Å². The Balaban J connectivity index is 1.90. The van der Waals surface area contributed by atoms with E-state index in [9.17, 15) is 9.59 Å². The molecule has 0 aliphatic rings. The summed E-state index contributed by atoms with van der Waals surface area (Å²) in [4.78, 5) is 28.8. The van der Waals surface area contributed by atoms with E-state index in [1.807, 2.05) is 32.2 Å². The van der Waals surface area contributed by atoms with Crippen LogP contribution in [0.2, 0.25) is 0 Å².